The number of nitrogen functional groups attached to an aromatic ring is 1. The summed E-state index contributed by atoms with van der Waals surface area (Å²) in [5.74, 6) is -0.0962. The van der Waals surface area contributed by atoms with E-state index >= 15 is 0 Å². The third kappa shape index (κ3) is 3.53. The molecule has 1 aliphatic carbocycles. The minimum Gasteiger partial charge on any atom is -0.485 e. The first-order valence-corrected chi connectivity index (χ1v) is 9.86. The van der Waals surface area contributed by atoms with Crippen LogP contribution in [0.5, 0.6) is 5.75 Å². The molecule has 0 aromatic heterocycles. The van der Waals surface area contributed by atoms with Gasteiger partial charge in [-0.2, -0.15) is 0 Å². The Bertz CT molecular complexity index is 1120. The predicted octanol–water partition coefficient (Wildman–Crippen LogP) is 2.31. The van der Waals surface area contributed by atoms with Crippen LogP contribution in [0.3, 0.4) is 0 Å². The Hall–Kier alpha value is -3.64. The highest BCUT2D eigenvalue weighted by Gasteiger charge is 2.35. The van der Waals surface area contributed by atoms with Gasteiger partial charge in [-0.3, -0.25) is 9.59 Å². The molecule has 152 valence electrons. The number of hydrogen-bond acceptors (Lipinski definition) is 5. The highest BCUT2D eigenvalue weighted by Crippen LogP contribution is 2.41. The summed E-state index contributed by atoms with van der Waals surface area (Å²) in [6, 6.07) is 18.0. The molecule has 0 aliphatic heterocycles. The number of ether oxygens (including phenoxy) is 1. The van der Waals surface area contributed by atoms with E-state index in [1.807, 2.05) is 44.4 Å². The van der Waals surface area contributed by atoms with Gasteiger partial charge in [0.25, 0.3) is 0 Å². The molecule has 0 saturated heterocycles. The first-order chi connectivity index (χ1) is 14.5. The minimum absolute atomic E-state index is 0.199. The quantitative estimate of drug-likeness (QED) is 0.431. The van der Waals surface area contributed by atoms with Crippen molar-refractivity contribution in [2.24, 2.45) is 0 Å². The highest BCUT2D eigenvalue weighted by atomic mass is 16.5. The van der Waals surface area contributed by atoms with Gasteiger partial charge >= 0.3 is 0 Å². The number of rotatable bonds is 6. The summed E-state index contributed by atoms with van der Waals surface area (Å²) in [5, 5.41) is 3.27. The molecule has 0 bridgehead atoms. The molecule has 0 heterocycles. The molecule has 0 amide bonds. The van der Waals surface area contributed by atoms with Crippen LogP contribution in [0.4, 0.5) is 17.1 Å². The Morgan fingerprint density at radius 1 is 0.900 bits per heavy atom. The Balaban J connectivity index is 1.86. The molecule has 1 aliphatic rings. The molecule has 3 aromatic carbocycles. The molecule has 6 nitrogen and oxygen atoms in total. The van der Waals surface area contributed by atoms with Crippen LogP contribution < -0.4 is 20.7 Å². The second-order valence-electron chi connectivity index (χ2n) is 7.59. The summed E-state index contributed by atoms with van der Waals surface area (Å²) in [5.41, 5.74) is 9.09. The van der Waals surface area contributed by atoms with Crippen molar-refractivity contribution in [1.29, 1.82) is 0 Å². The lowest BCUT2D eigenvalue weighted by molar-refractivity contribution is -0.858. The number of ketones is 2. The van der Waals surface area contributed by atoms with Crippen LogP contribution in [-0.4, -0.2) is 38.8 Å². The summed E-state index contributed by atoms with van der Waals surface area (Å²) >= 11 is 0. The van der Waals surface area contributed by atoms with Crippen LogP contribution in [0.15, 0.2) is 60.7 Å². The molecule has 4 rings (SSSR count). The van der Waals surface area contributed by atoms with Gasteiger partial charge in [-0.15, -0.1) is 0 Å². The van der Waals surface area contributed by atoms with Gasteiger partial charge in [-0.05, 0) is 12.1 Å². The zero-order valence-corrected chi connectivity index (χ0v) is 17.0. The maximum atomic E-state index is 13.3. The number of quaternary nitrogens is 1. The van der Waals surface area contributed by atoms with E-state index in [2.05, 4.69) is 5.32 Å². The van der Waals surface area contributed by atoms with Crippen molar-refractivity contribution in [2.75, 3.05) is 38.3 Å². The highest BCUT2D eigenvalue weighted by molar-refractivity contribution is 6.32. The van der Waals surface area contributed by atoms with Crippen molar-refractivity contribution < 1.29 is 19.2 Å². The Labute approximate surface area is 175 Å². The summed E-state index contributed by atoms with van der Waals surface area (Å²) in [4.78, 5) is 27.9. The van der Waals surface area contributed by atoms with Crippen molar-refractivity contribution in [2.45, 2.75) is 0 Å². The van der Waals surface area contributed by atoms with Gasteiger partial charge in [0.05, 0.1) is 36.6 Å². The largest absolute Gasteiger partial charge is 0.485 e. The van der Waals surface area contributed by atoms with Gasteiger partial charge in [0, 0.05) is 22.9 Å². The van der Waals surface area contributed by atoms with E-state index in [9.17, 15) is 9.59 Å². The van der Waals surface area contributed by atoms with Crippen molar-refractivity contribution in [3.8, 4) is 5.75 Å². The smallest absolute Gasteiger partial charge is 0.196 e. The Morgan fingerprint density at radius 2 is 1.50 bits per heavy atom. The zero-order valence-electron chi connectivity index (χ0n) is 17.0. The lowest BCUT2D eigenvalue weighted by Gasteiger charge is -2.24. The standard InChI is InChI=1S/C24H23N3O3/c1-27(2)12-13-30-19-14-18(26-15-8-4-3-5-9-15)20-21(22(19)25)24(29)17-11-7-6-10-16(17)23(20)28/h3-11,14,26H,12-13,25H2,1-2H3/p+1. The van der Waals surface area contributed by atoms with Gasteiger partial charge < -0.3 is 20.7 Å². The molecule has 0 spiro atoms. The average molecular weight is 402 g/mol. The number of nitrogens with one attached hydrogen (secondary N) is 2. The topological polar surface area (TPSA) is 85.9 Å². The van der Waals surface area contributed by atoms with E-state index in [4.69, 9.17) is 10.5 Å². The molecule has 0 unspecified atom stereocenters. The molecular weight excluding hydrogens is 378 g/mol. The second kappa shape index (κ2) is 8.00. The molecule has 0 fully saturated rings. The minimum atomic E-state index is -0.266. The lowest BCUT2D eigenvalue weighted by Crippen LogP contribution is -3.06. The number of para-hydroxylation sites is 1. The molecule has 30 heavy (non-hydrogen) atoms. The first kappa shape index (κ1) is 19.7. The van der Waals surface area contributed by atoms with Crippen molar-refractivity contribution >= 4 is 28.6 Å². The van der Waals surface area contributed by atoms with Crippen LogP contribution in [0.1, 0.15) is 31.8 Å². The van der Waals surface area contributed by atoms with Crippen LogP contribution >= 0.6 is 0 Å². The van der Waals surface area contributed by atoms with Crippen molar-refractivity contribution in [3.63, 3.8) is 0 Å². The van der Waals surface area contributed by atoms with E-state index in [1.54, 1.807) is 30.3 Å². The molecule has 6 heteroatoms. The Morgan fingerprint density at radius 3 is 2.13 bits per heavy atom. The first-order valence-electron chi connectivity index (χ1n) is 9.86. The number of carbonyl (C=O) groups is 2. The number of nitrogens with two attached hydrogens (primary N) is 1. The van der Waals surface area contributed by atoms with E-state index in [0.29, 0.717) is 29.2 Å². The molecule has 0 saturated carbocycles. The normalized spacial score (nSPS) is 12.5. The van der Waals surface area contributed by atoms with Gasteiger partial charge in [-0.25, -0.2) is 0 Å². The van der Waals surface area contributed by atoms with Crippen LogP contribution in [0.2, 0.25) is 0 Å². The van der Waals surface area contributed by atoms with E-state index < -0.39 is 0 Å². The molecule has 4 N–H and O–H groups in total. The van der Waals surface area contributed by atoms with Crippen LogP contribution in [-0.2, 0) is 0 Å². The average Bonchev–Trinajstić information content (AvgIpc) is 2.74. The summed E-state index contributed by atoms with van der Waals surface area (Å²) in [7, 11) is 4.06. The number of fused-ring (bicyclic) bond motifs is 2. The van der Waals surface area contributed by atoms with Crippen LogP contribution in [0.25, 0.3) is 0 Å². The van der Waals surface area contributed by atoms with Gasteiger partial charge in [0.15, 0.2) is 11.6 Å². The van der Waals surface area contributed by atoms with Gasteiger partial charge in [0.1, 0.15) is 18.9 Å². The lowest BCUT2D eigenvalue weighted by atomic mass is 9.82. The summed E-state index contributed by atoms with van der Waals surface area (Å²) in [6.07, 6.45) is 0. The Kier molecular flexibility index (Phi) is 5.25. The summed E-state index contributed by atoms with van der Waals surface area (Å²) < 4.78 is 5.91. The molecule has 3 aromatic rings. The fraction of sp³-hybridized carbons (Fsp3) is 0.167. The number of hydrogen-bond donors (Lipinski definition) is 3. The van der Waals surface area contributed by atoms with E-state index in [1.165, 1.54) is 4.90 Å². The van der Waals surface area contributed by atoms with Crippen molar-refractivity contribution in [3.05, 3.63) is 82.9 Å². The third-order valence-corrected chi connectivity index (χ3v) is 5.11. The second-order valence-corrected chi connectivity index (χ2v) is 7.59. The molecular formula is C24H24N3O3+. The number of benzene rings is 3. The number of likely N-dealkylation sites (N-methyl/N-ethyl adjacent to an activating group) is 1. The monoisotopic (exact) mass is 402 g/mol. The maximum Gasteiger partial charge on any atom is 0.196 e. The van der Waals surface area contributed by atoms with Crippen LogP contribution in [0, 0.1) is 0 Å². The van der Waals surface area contributed by atoms with E-state index in [-0.39, 0.29) is 28.4 Å². The third-order valence-electron chi connectivity index (χ3n) is 5.11. The summed E-state index contributed by atoms with van der Waals surface area (Å²) in [6.45, 7) is 1.21. The molecule has 0 radical (unpaired) electrons. The predicted molar refractivity (Wildman–Crippen MR) is 117 cm³/mol. The van der Waals surface area contributed by atoms with Gasteiger partial charge in [0.2, 0.25) is 0 Å². The number of anilines is 3. The number of carbonyl (C=O) groups excluding carboxylic acids is 2. The fourth-order valence-electron chi connectivity index (χ4n) is 3.55. The molecule has 0 atom stereocenters. The zero-order chi connectivity index (χ0) is 21.3. The van der Waals surface area contributed by atoms with Gasteiger partial charge in [-0.1, -0.05) is 42.5 Å². The maximum absolute atomic E-state index is 13.3. The SMILES string of the molecule is C[NH+](C)CCOc1cc(Nc2ccccc2)c2c(c1N)C(=O)c1ccccc1C2=O. The van der Waals surface area contributed by atoms with E-state index in [0.717, 1.165) is 12.2 Å². The van der Waals surface area contributed by atoms with Crippen molar-refractivity contribution in [1.82, 2.24) is 0 Å². The fourth-order valence-corrected chi connectivity index (χ4v) is 3.55.